The van der Waals surface area contributed by atoms with Gasteiger partial charge in [0, 0.05) is 11.1 Å². The normalized spacial score (nSPS) is 19.3. The molecule has 0 bridgehead atoms. The highest BCUT2D eigenvalue weighted by Gasteiger charge is 2.34. The van der Waals surface area contributed by atoms with E-state index in [1.165, 1.54) is 11.8 Å². The molecule has 1 aliphatic heterocycles. The Morgan fingerprint density at radius 2 is 1.47 bits per heavy atom. The van der Waals surface area contributed by atoms with Crippen LogP contribution in [0.25, 0.3) is 0 Å². The molecule has 3 rings (SSSR count). The predicted octanol–water partition coefficient (Wildman–Crippen LogP) is 5.00. The highest BCUT2D eigenvalue weighted by atomic mass is 32.2. The zero-order valence-corrected chi connectivity index (χ0v) is 19.3. The van der Waals surface area contributed by atoms with Gasteiger partial charge < -0.3 is 0 Å². The quantitative estimate of drug-likeness (QED) is 0.508. The number of nitrogens with zero attached hydrogens (tertiary/aromatic N) is 3. The number of Topliss-reactive ketones (excluding diaryl/α,β-unsaturated/α-hetero) is 1. The van der Waals surface area contributed by atoms with Crippen LogP contribution in [0.1, 0.15) is 47.1 Å². The van der Waals surface area contributed by atoms with E-state index < -0.39 is 0 Å². The summed E-state index contributed by atoms with van der Waals surface area (Å²) in [4.78, 5) is 27.1. The van der Waals surface area contributed by atoms with Gasteiger partial charge in [-0.1, -0.05) is 83.6 Å². The molecule has 0 N–H and O–H groups in total. The molecule has 30 heavy (non-hydrogen) atoms. The lowest BCUT2D eigenvalue weighted by Crippen LogP contribution is -2.30. The molecule has 1 aromatic carbocycles. The maximum Gasteiger partial charge on any atom is 0.239 e. The Balaban J connectivity index is 1.96. The van der Waals surface area contributed by atoms with Crippen LogP contribution in [0.2, 0.25) is 0 Å². The molecule has 0 radical (unpaired) electrons. The molecule has 1 fully saturated rings. The standard InChI is InChI=1S/C24H29N3O2S/c1-23(2,3)18-12-17(13-19(21(18)29)24(4,5)6)25-26-22-27(20(28)15-30-22)14-16-10-8-7-9-11-16/h7-13H,14-15H2,1-6H3. The van der Waals surface area contributed by atoms with Gasteiger partial charge in [0.25, 0.3) is 0 Å². The number of thioether (sulfide) groups is 1. The first kappa shape index (κ1) is 22.2. The molecule has 5 nitrogen and oxygen atoms in total. The monoisotopic (exact) mass is 423 g/mol. The second-order valence-electron chi connectivity index (χ2n) is 9.61. The fraction of sp³-hybridized carbons (Fsp3) is 0.417. The summed E-state index contributed by atoms with van der Waals surface area (Å²) in [5.41, 5.74) is 2.54. The molecule has 0 atom stereocenters. The molecule has 0 spiro atoms. The molecule has 0 saturated carbocycles. The average Bonchev–Trinajstić information content (AvgIpc) is 2.99. The van der Waals surface area contributed by atoms with Crippen LogP contribution in [0.15, 0.2) is 63.8 Å². The minimum atomic E-state index is -0.298. The average molecular weight is 424 g/mol. The van der Waals surface area contributed by atoms with Crippen molar-refractivity contribution in [2.45, 2.75) is 48.1 Å². The van der Waals surface area contributed by atoms with E-state index in [0.29, 0.717) is 23.2 Å². The predicted molar refractivity (Wildman–Crippen MR) is 124 cm³/mol. The van der Waals surface area contributed by atoms with Gasteiger partial charge in [-0.25, -0.2) is 0 Å². The van der Waals surface area contributed by atoms with E-state index in [2.05, 4.69) is 10.2 Å². The first-order valence-corrected chi connectivity index (χ1v) is 11.1. The third-order valence-electron chi connectivity index (χ3n) is 4.98. The molecule has 0 aromatic heterocycles. The lowest BCUT2D eigenvalue weighted by Gasteiger charge is -2.30. The molecule has 1 aliphatic carbocycles. The minimum Gasteiger partial charge on any atom is -0.289 e. The number of carbonyl (C=O) groups is 2. The number of benzene rings is 1. The second kappa shape index (κ2) is 8.34. The number of hydrogen-bond acceptors (Lipinski definition) is 5. The van der Waals surface area contributed by atoms with Crippen LogP contribution in [-0.4, -0.2) is 33.2 Å². The molecule has 158 valence electrons. The molecular formula is C24H29N3O2S. The van der Waals surface area contributed by atoms with Crippen molar-refractivity contribution in [1.82, 2.24) is 4.90 Å². The van der Waals surface area contributed by atoms with Crippen molar-refractivity contribution in [3.05, 3.63) is 59.2 Å². The number of ketones is 1. The Hall–Kier alpha value is -2.47. The highest BCUT2D eigenvalue weighted by molar-refractivity contribution is 8.15. The Kier molecular flexibility index (Phi) is 6.18. The topological polar surface area (TPSA) is 62.1 Å². The third kappa shape index (κ3) is 4.98. The van der Waals surface area contributed by atoms with E-state index >= 15 is 0 Å². The number of amidine groups is 1. The summed E-state index contributed by atoms with van der Waals surface area (Å²) in [5.74, 6) is 0.456. The van der Waals surface area contributed by atoms with Crippen LogP contribution in [0.3, 0.4) is 0 Å². The third-order valence-corrected chi connectivity index (χ3v) is 5.93. The van der Waals surface area contributed by atoms with Crippen LogP contribution >= 0.6 is 11.8 Å². The Morgan fingerprint density at radius 1 is 0.900 bits per heavy atom. The molecule has 1 saturated heterocycles. The number of carbonyl (C=O) groups excluding carboxylic acids is 2. The van der Waals surface area contributed by atoms with Crippen molar-refractivity contribution in [3.63, 3.8) is 0 Å². The van der Waals surface area contributed by atoms with Crippen molar-refractivity contribution >= 4 is 34.3 Å². The van der Waals surface area contributed by atoms with E-state index in [9.17, 15) is 9.59 Å². The maximum absolute atomic E-state index is 13.0. The summed E-state index contributed by atoms with van der Waals surface area (Å²) in [7, 11) is 0. The minimum absolute atomic E-state index is 0.0264. The van der Waals surface area contributed by atoms with Gasteiger partial charge in [0.1, 0.15) is 0 Å². The molecule has 1 amide bonds. The SMILES string of the molecule is CC(C)(C)C1=CC(=NN=C2SCC(=O)N2Cc2ccccc2)C=C(C(C)(C)C)C1=O. The van der Waals surface area contributed by atoms with E-state index in [4.69, 9.17) is 0 Å². The summed E-state index contributed by atoms with van der Waals surface area (Å²) in [6.07, 6.45) is 3.65. The van der Waals surface area contributed by atoms with Crippen LogP contribution in [0, 0.1) is 10.8 Å². The number of allylic oxidation sites excluding steroid dienone is 4. The first-order chi connectivity index (χ1) is 14.0. The van der Waals surface area contributed by atoms with Crippen molar-refractivity contribution in [3.8, 4) is 0 Å². The van der Waals surface area contributed by atoms with Crippen molar-refractivity contribution in [1.29, 1.82) is 0 Å². The van der Waals surface area contributed by atoms with Crippen LogP contribution in [0.5, 0.6) is 0 Å². The van der Waals surface area contributed by atoms with E-state index in [-0.39, 0.29) is 22.5 Å². The van der Waals surface area contributed by atoms with Gasteiger partial charge in [-0.05, 0) is 28.5 Å². The van der Waals surface area contributed by atoms with Gasteiger partial charge in [-0.3, -0.25) is 14.5 Å². The molecule has 6 heteroatoms. The Bertz CT molecular complexity index is 938. The molecule has 1 heterocycles. The Labute approximate surface area is 183 Å². The van der Waals surface area contributed by atoms with Gasteiger partial charge >= 0.3 is 0 Å². The second-order valence-corrected chi connectivity index (χ2v) is 10.5. The van der Waals surface area contributed by atoms with Gasteiger partial charge in [0.15, 0.2) is 11.0 Å². The smallest absolute Gasteiger partial charge is 0.239 e. The van der Waals surface area contributed by atoms with Crippen molar-refractivity contribution in [2.24, 2.45) is 21.0 Å². The van der Waals surface area contributed by atoms with Crippen molar-refractivity contribution in [2.75, 3.05) is 5.75 Å². The fourth-order valence-corrected chi connectivity index (χ4v) is 4.11. The zero-order chi connectivity index (χ0) is 22.1. The fourth-order valence-electron chi connectivity index (χ4n) is 3.28. The number of rotatable bonds is 3. The lowest BCUT2D eigenvalue weighted by molar-refractivity contribution is -0.124. The zero-order valence-electron chi connectivity index (χ0n) is 18.5. The summed E-state index contributed by atoms with van der Waals surface area (Å²) >= 11 is 1.39. The lowest BCUT2D eigenvalue weighted by atomic mass is 9.72. The van der Waals surface area contributed by atoms with Crippen LogP contribution in [0.4, 0.5) is 0 Å². The van der Waals surface area contributed by atoms with E-state index in [0.717, 1.165) is 16.7 Å². The van der Waals surface area contributed by atoms with Gasteiger partial charge in [0.2, 0.25) is 5.91 Å². The molecular weight excluding hydrogens is 394 g/mol. The summed E-state index contributed by atoms with van der Waals surface area (Å²) in [6, 6.07) is 9.84. The van der Waals surface area contributed by atoms with E-state index in [1.807, 2.05) is 84.0 Å². The molecule has 0 unspecified atom stereocenters. The molecule has 2 aliphatic rings. The van der Waals surface area contributed by atoms with Crippen LogP contribution in [-0.2, 0) is 16.1 Å². The maximum atomic E-state index is 13.0. The first-order valence-electron chi connectivity index (χ1n) is 10.1. The summed E-state index contributed by atoms with van der Waals surface area (Å²) in [6.45, 7) is 12.6. The van der Waals surface area contributed by atoms with Crippen LogP contribution < -0.4 is 0 Å². The van der Waals surface area contributed by atoms with Crippen molar-refractivity contribution < 1.29 is 9.59 Å². The van der Waals surface area contributed by atoms with Gasteiger partial charge in [-0.15, -0.1) is 10.2 Å². The van der Waals surface area contributed by atoms with Gasteiger partial charge in [0.05, 0.1) is 18.0 Å². The summed E-state index contributed by atoms with van der Waals surface area (Å²) < 4.78 is 0. The Morgan fingerprint density at radius 3 is 2.00 bits per heavy atom. The van der Waals surface area contributed by atoms with E-state index in [1.54, 1.807) is 4.90 Å². The van der Waals surface area contributed by atoms with Gasteiger partial charge in [-0.2, -0.15) is 0 Å². The molecule has 1 aromatic rings. The number of amides is 1. The summed E-state index contributed by atoms with van der Waals surface area (Å²) in [5, 5.41) is 9.43. The largest absolute Gasteiger partial charge is 0.289 e. The number of hydrogen-bond donors (Lipinski definition) is 0. The highest BCUT2D eigenvalue weighted by Crippen LogP contribution is 2.37.